The lowest BCUT2D eigenvalue weighted by molar-refractivity contribution is -0.175. The molecule has 0 unspecified atom stereocenters. The summed E-state index contributed by atoms with van der Waals surface area (Å²) in [6, 6.07) is 0. The van der Waals surface area contributed by atoms with E-state index in [1.807, 2.05) is 6.92 Å². The second kappa shape index (κ2) is 2.97. The number of rotatable bonds is 1. The van der Waals surface area contributed by atoms with Crippen molar-refractivity contribution in [2.45, 2.75) is 39.2 Å². The molecule has 2 N–H and O–H groups in total. The van der Waals surface area contributed by atoms with Crippen LogP contribution in [0.5, 0.6) is 0 Å². The highest BCUT2D eigenvalue weighted by atomic mass is 16.5. The van der Waals surface area contributed by atoms with E-state index in [-0.39, 0.29) is 11.9 Å². The number of carbonyl (C=O) groups is 1. The van der Waals surface area contributed by atoms with Crippen molar-refractivity contribution in [1.82, 2.24) is 0 Å². The topological polar surface area (TPSA) is 52.3 Å². The van der Waals surface area contributed by atoms with Gasteiger partial charge in [-0.1, -0.05) is 13.8 Å². The third kappa shape index (κ3) is 1.25. The molecule has 4 atom stereocenters. The van der Waals surface area contributed by atoms with Crippen molar-refractivity contribution >= 4 is 5.97 Å². The van der Waals surface area contributed by atoms with Gasteiger partial charge in [-0.2, -0.15) is 0 Å². The number of esters is 1. The van der Waals surface area contributed by atoms with Crippen LogP contribution in [-0.4, -0.2) is 18.6 Å². The standard InChI is InChI=1S/C12H21NO2/c1-11(2)7-5-8(10(14)15-4)12(3,13)9(11)6-7/h7-9H,5-6,13H2,1-4H3/t7-,8+,9+,12-/m1/s1. The van der Waals surface area contributed by atoms with Crippen molar-refractivity contribution in [3.63, 3.8) is 0 Å². The van der Waals surface area contributed by atoms with E-state index in [0.717, 1.165) is 6.42 Å². The van der Waals surface area contributed by atoms with Crippen molar-refractivity contribution in [3.8, 4) is 0 Å². The first-order valence-electron chi connectivity index (χ1n) is 5.68. The highest BCUT2D eigenvalue weighted by Crippen LogP contribution is 2.63. The predicted octanol–water partition coefficient (Wildman–Crippen LogP) is 1.56. The summed E-state index contributed by atoms with van der Waals surface area (Å²) in [6.45, 7) is 6.55. The Hall–Kier alpha value is -0.570. The van der Waals surface area contributed by atoms with E-state index < -0.39 is 5.54 Å². The van der Waals surface area contributed by atoms with Gasteiger partial charge in [-0.05, 0) is 37.0 Å². The van der Waals surface area contributed by atoms with Gasteiger partial charge < -0.3 is 10.5 Å². The summed E-state index contributed by atoms with van der Waals surface area (Å²) < 4.78 is 4.84. The maximum atomic E-state index is 11.7. The largest absolute Gasteiger partial charge is 0.469 e. The van der Waals surface area contributed by atoms with Crippen LogP contribution in [-0.2, 0) is 9.53 Å². The zero-order valence-corrected chi connectivity index (χ0v) is 10.0. The Morgan fingerprint density at radius 1 is 1.33 bits per heavy atom. The molecule has 3 rings (SSSR count). The highest BCUT2D eigenvalue weighted by Gasteiger charge is 2.63. The van der Waals surface area contributed by atoms with Crippen molar-refractivity contribution < 1.29 is 9.53 Å². The van der Waals surface area contributed by atoms with Crippen LogP contribution < -0.4 is 5.73 Å². The molecule has 0 spiro atoms. The fourth-order valence-electron chi connectivity index (χ4n) is 3.75. The van der Waals surface area contributed by atoms with Gasteiger partial charge in [0.2, 0.25) is 0 Å². The van der Waals surface area contributed by atoms with E-state index in [1.165, 1.54) is 13.5 Å². The Morgan fingerprint density at radius 2 is 1.93 bits per heavy atom. The zero-order valence-electron chi connectivity index (χ0n) is 10.0. The summed E-state index contributed by atoms with van der Waals surface area (Å²) in [6.07, 6.45) is 2.07. The second-order valence-corrected chi connectivity index (χ2v) is 5.98. The van der Waals surface area contributed by atoms with Crippen LogP contribution in [0, 0.1) is 23.2 Å². The van der Waals surface area contributed by atoms with Gasteiger partial charge in [0, 0.05) is 5.54 Å². The summed E-state index contributed by atoms with van der Waals surface area (Å²) >= 11 is 0. The Balaban J connectivity index is 2.24. The van der Waals surface area contributed by atoms with Crippen LogP contribution in [0.15, 0.2) is 0 Å². The smallest absolute Gasteiger partial charge is 0.310 e. The second-order valence-electron chi connectivity index (χ2n) is 5.98. The molecule has 0 aromatic heterocycles. The number of fused-ring (bicyclic) bond motifs is 2. The van der Waals surface area contributed by atoms with Gasteiger partial charge in [0.25, 0.3) is 0 Å². The van der Waals surface area contributed by atoms with Gasteiger partial charge in [-0.15, -0.1) is 0 Å². The molecule has 0 amide bonds. The first kappa shape index (κ1) is 10.9. The third-order valence-electron chi connectivity index (χ3n) is 4.98. The zero-order chi connectivity index (χ0) is 11.4. The van der Waals surface area contributed by atoms with Crippen LogP contribution >= 0.6 is 0 Å². The van der Waals surface area contributed by atoms with Crippen molar-refractivity contribution in [1.29, 1.82) is 0 Å². The minimum Gasteiger partial charge on any atom is -0.469 e. The maximum absolute atomic E-state index is 11.7. The molecule has 3 aliphatic rings. The maximum Gasteiger partial charge on any atom is 0.310 e. The van der Waals surface area contributed by atoms with Crippen LogP contribution in [0.3, 0.4) is 0 Å². The lowest BCUT2D eigenvalue weighted by Crippen LogP contribution is -2.69. The molecular formula is C12H21NO2. The first-order valence-corrected chi connectivity index (χ1v) is 5.68. The third-order valence-corrected chi connectivity index (χ3v) is 4.98. The first-order chi connectivity index (χ1) is 6.81. The minimum atomic E-state index is -0.397. The van der Waals surface area contributed by atoms with E-state index >= 15 is 0 Å². The summed E-state index contributed by atoms with van der Waals surface area (Å²) in [5.74, 6) is 0.848. The van der Waals surface area contributed by atoms with Gasteiger partial charge in [-0.3, -0.25) is 4.79 Å². The van der Waals surface area contributed by atoms with Crippen molar-refractivity contribution in [2.24, 2.45) is 28.9 Å². The van der Waals surface area contributed by atoms with Gasteiger partial charge >= 0.3 is 5.97 Å². The molecule has 3 fully saturated rings. The molecular weight excluding hydrogens is 190 g/mol. The number of hydrogen-bond acceptors (Lipinski definition) is 3. The Morgan fingerprint density at radius 3 is 2.33 bits per heavy atom. The predicted molar refractivity (Wildman–Crippen MR) is 58.1 cm³/mol. The number of hydrogen-bond donors (Lipinski definition) is 1. The minimum absolute atomic E-state index is 0.112. The number of nitrogens with two attached hydrogens (primary N) is 1. The van der Waals surface area contributed by atoms with Crippen LogP contribution in [0.4, 0.5) is 0 Å². The quantitative estimate of drug-likeness (QED) is 0.670. The fraction of sp³-hybridized carbons (Fsp3) is 0.917. The summed E-state index contributed by atoms with van der Waals surface area (Å²) in [7, 11) is 1.45. The van der Waals surface area contributed by atoms with Gasteiger partial charge in [0.05, 0.1) is 13.0 Å². The van der Waals surface area contributed by atoms with Crippen LogP contribution in [0.25, 0.3) is 0 Å². The molecule has 0 heterocycles. The van der Waals surface area contributed by atoms with Crippen molar-refractivity contribution in [3.05, 3.63) is 0 Å². The summed E-state index contributed by atoms with van der Waals surface area (Å²) in [5, 5.41) is 0. The van der Waals surface area contributed by atoms with E-state index in [4.69, 9.17) is 10.5 Å². The van der Waals surface area contributed by atoms with Gasteiger partial charge in [0.1, 0.15) is 0 Å². The molecule has 0 aromatic carbocycles. The summed E-state index contributed by atoms with van der Waals surface area (Å²) in [4.78, 5) is 11.7. The molecule has 0 aromatic rings. The molecule has 0 aliphatic heterocycles. The van der Waals surface area contributed by atoms with Gasteiger partial charge in [-0.25, -0.2) is 0 Å². The average molecular weight is 211 g/mol. The van der Waals surface area contributed by atoms with Crippen molar-refractivity contribution in [2.75, 3.05) is 7.11 Å². The monoisotopic (exact) mass is 211 g/mol. The number of methoxy groups -OCH3 is 1. The molecule has 3 heteroatoms. The van der Waals surface area contributed by atoms with E-state index in [1.54, 1.807) is 0 Å². The molecule has 3 nitrogen and oxygen atoms in total. The molecule has 3 saturated carbocycles. The Labute approximate surface area is 91.4 Å². The Kier molecular flexibility index (Phi) is 2.16. The normalized spacial score (nSPS) is 46.9. The highest BCUT2D eigenvalue weighted by molar-refractivity contribution is 5.74. The molecule has 86 valence electrons. The molecule has 3 aliphatic carbocycles. The molecule has 0 saturated heterocycles. The fourth-order valence-corrected chi connectivity index (χ4v) is 3.75. The van der Waals surface area contributed by atoms with Crippen LogP contribution in [0.2, 0.25) is 0 Å². The lowest BCUT2D eigenvalue weighted by Gasteiger charge is -2.65. The van der Waals surface area contributed by atoms with E-state index in [2.05, 4.69) is 13.8 Å². The summed E-state index contributed by atoms with van der Waals surface area (Å²) in [5.41, 5.74) is 6.26. The molecule has 0 radical (unpaired) electrons. The van der Waals surface area contributed by atoms with E-state index in [9.17, 15) is 4.79 Å². The molecule has 2 bridgehead atoms. The number of ether oxygens (including phenoxy) is 1. The average Bonchev–Trinajstić information content (AvgIpc) is 2.14. The SMILES string of the molecule is COC(=O)[C@@H]1C[C@@H]2C[C@@H](C2(C)C)[C@]1(C)N. The molecule has 15 heavy (non-hydrogen) atoms. The lowest BCUT2D eigenvalue weighted by atomic mass is 9.41. The van der Waals surface area contributed by atoms with Crippen LogP contribution in [0.1, 0.15) is 33.6 Å². The number of carbonyl (C=O) groups excluding carboxylic acids is 1. The Bertz CT molecular complexity index is 296. The van der Waals surface area contributed by atoms with E-state index in [0.29, 0.717) is 17.3 Å². The van der Waals surface area contributed by atoms with Gasteiger partial charge in [0.15, 0.2) is 0 Å².